The largest absolute Gasteiger partial charge is 0.454 e. The number of aromatic nitrogens is 1. The van der Waals surface area contributed by atoms with Crippen LogP contribution in [-0.2, 0) is 12.5 Å². The zero-order valence-corrected chi connectivity index (χ0v) is 24.2. The SMILES string of the molecule is [2H]C([2H])([2H])C([2H])(c1cc(-c2c(C)ccc3c2oc2c(-c4ccc(-c5ccc(C(C)(C)C)cc5)cc4)c(F)ccc23)[n+](C)cc1F)C([2H])([2H])[2H]. The highest BCUT2D eigenvalue weighted by atomic mass is 19.1. The van der Waals surface area contributed by atoms with Gasteiger partial charge < -0.3 is 4.42 Å². The number of nitrogens with zero attached hydrogens (tertiary/aromatic N) is 1. The second-order valence-corrected chi connectivity index (χ2v) is 11.8. The number of aryl methyl sites for hydroxylation is 2. The Morgan fingerprint density at radius 1 is 0.762 bits per heavy atom. The molecule has 0 radical (unpaired) electrons. The van der Waals surface area contributed by atoms with E-state index in [1.807, 2.05) is 30.3 Å². The number of pyridine rings is 1. The molecule has 4 aromatic carbocycles. The minimum Gasteiger partial charge on any atom is -0.454 e. The monoisotopic (exact) mass is 567 g/mol. The Balaban J connectivity index is 1.53. The average molecular weight is 568 g/mol. The molecule has 0 saturated heterocycles. The molecule has 0 amide bonds. The van der Waals surface area contributed by atoms with Crippen molar-refractivity contribution in [3.05, 3.63) is 113 Å². The molecular weight excluding hydrogens is 524 g/mol. The second-order valence-electron chi connectivity index (χ2n) is 11.8. The van der Waals surface area contributed by atoms with Gasteiger partial charge >= 0.3 is 0 Å². The van der Waals surface area contributed by atoms with Crippen molar-refractivity contribution in [2.75, 3.05) is 0 Å². The summed E-state index contributed by atoms with van der Waals surface area (Å²) in [7, 11) is 1.53. The molecule has 0 atom stereocenters. The van der Waals surface area contributed by atoms with E-state index in [1.165, 1.54) is 23.2 Å². The van der Waals surface area contributed by atoms with Crippen molar-refractivity contribution in [2.24, 2.45) is 7.05 Å². The van der Waals surface area contributed by atoms with E-state index in [9.17, 15) is 0 Å². The van der Waals surface area contributed by atoms with E-state index in [1.54, 1.807) is 19.1 Å². The lowest BCUT2D eigenvalue weighted by atomic mass is 9.86. The molecule has 2 heterocycles. The van der Waals surface area contributed by atoms with Crippen LogP contribution in [0.2, 0.25) is 0 Å². The zero-order chi connectivity index (χ0) is 35.8. The van der Waals surface area contributed by atoms with Crippen LogP contribution in [0.1, 0.15) is 66.7 Å². The first kappa shape index (κ1) is 20.5. The second kappa shape index (κ2) is 10.2. The van der Waals surface area contributed by atoms with Crippen LogP contribution in [0.4, 0.5) is 8.78 Å². The molecule has 0 saturated carbocycles. The fourth-order valence-corrected chi connectivity index (χ4v) is 5.61. The van der Waals surface area contributed by atoms with Gasteiger partial charge in [-0.05, 0) is 58.2 Å². The molecule has 0 aliphatic rings. The van der Waals surface area contributed by atoms with Crippen molar-refractivity contribution < 1.29 is 27.4 Å². The smallest absolute Gasteiger partial charge is 0.216 e. The molecule has 0 fully saturated rings. The van der Waals surface area contributed by atoms with E-state index in [4.69, 9.17) is 14.0 Å². The van der Waals surface area contributed by atoms with Gasteiger partial charge in [-0.15, -0.1) is 0 Å². The topological polar surface area (TPSA) is 17.0 Å². The van der Waals surface area contributed by atoms with Crippen molar-refractivity contribution in [3.8, 4) is 33.5 Å². The molecule has 42 heavy (non-hydrogen) atoms. The Morgan fingerprint density at radius 2 is 1.33 bits per heavy atom. The summed E-state index contributed by atoms with van der Waals surface area (Å²) in [6.07, 6.45) is 0.968. The van der Waals surface area contributed by atoms with Gasteiger partial charge in [-0.25, -0.2) is 8.78 Å². The maximum absolute atomic E-state index is 15.7. The zero-order valence-electron chi connectivity index (χ0n) is 31.2. The number of fused-ring (bicyclic) bond motifs is 3. The number of benzene rings is 4. The molecule has 0 spiro atoms. The summed E-state index contributed by atoms with van der Waals surface area (Å²) in [5, 5.41) is 1.25. The summed E-state index contributed by atoms with van der Waals surface area (Å²) in [5.74, 6) is -4.88. The minimum atomic E-state index is -3.38. The highest BCUT2D eigenvalue weighted by Gasteiger charge is 2.25. The van der Waals surface area contributed by atoms with E-state index in [0.29, 0.717) is 33.0 Å². The first-order valence-electron chi connectivity index (χ1n) is 17.3. The summed E-state index contributed by atoms with van der Waals surface area (Å²) < 4.78 is 95.2. The van der Waals surface area contributed by atoms with Crippen molar-refractivity contribution in [3.63, 3.8) is 0 Å². The maximum Gasteiger partial charge on any atom is 0.216 e. The quantitative estimate of drug-likeness (QED) is 0.194. The first-order valence-corrected chi connectivity index (χ1v) is 13.8. The van der Waals surface area contributed by atoms with Gasteiger partial charge in [-0.1, -0.05) is 95.1 Å². The van der Waals surface area contributed by atoms with Crippen LogP contribution in [-0.4, -0.2) is 0 Å². The van der Waals surface area contributed by atoms with Crippen molar-refractivity contribution in [2.45, 2.75) is 52.7 Å². The van der Waals surface area contributed by atoms with Crippen molar-refractivity contribution >= 4 is 21.9 Å². The summed E-state index contributed by atoms with van der Waals surface area (Å²) in [6.45, 7) is 1.50. The van der Waals surface area contributed by atoms with E-state index in [0.717, 1.165) is 23.4 Å². The standard InChI is InChI=1S/C38H36F2NO/c1-22(2)30-20-33(41(7)21-32(30)40)34-23(3)8-17-28-29-18-19-31(39)35(37(29)42-36(28)34)26-11-9-24(10-12-26)25-13-15-27(16-14-25)38(4,5)6/h8-22H,1-7H3/q+1/i1D3,2D3,22D. The fraction of sp³-hybridized carbons (Fsp3) is 0.237. The molecule has 0 unspecified atom stereocenters. The lowest BCUT2D eigenvalue weighted by Gasteiger charge is -2.19. The highest BCUT2D eigenvalue weighted by Crippen LogP contribution is 2.42. The molecule has 212 valence electrons. The summed E-state index contributed by atoms with van der Waals surface area (Å²) in [6, 6.07) is 23.6. The van der Waals surface area contributed by atoms with Crippen LogP contribution in [0.15, 0.2) is 89.5 Å². The summed E-state index contributed by atoms with van der Waals surface area (Å²) in [4.78, 5) is 0. The van der Waals surface area contributed by atoms with Crippen LogP contribution in [0, 0.1) is 18.6 Å². The lowest BCUT2D eigenvalue weighted by molar-refractivity contribution is -0.662. The maximum atomic E-state index is 15.7. The summed E-state index contributed by atoms with van der Waals surface area (Å²) in [5.41, 5.74) is 5.24. The summed E-state index contributed by atoms with van der Waals surface area (Å²) >= 11 is 0. The third-order valence-electron chi connectivity index (χ3n) is 7.98. The predicted octanol–water partition coefficient (Wildman–Crippen LogP) is 10.4. The van der Waals surface area contributed by atoms with E-state index in [-0.39, 0.29) is 22.3 Å². The molecule has 6 aromatic rings. The van der Waals surface area contributed by atoms with Crippen LogP contribution in [0.25, 0.3) is 55.4 Å². The third-order valence-corrected chi connectivity index (χ3v) is 7.98. The molecule has 2 nitrogen and oxygen atoms in total. The van der Waals surface area contributed by atoms with Gasteiger partial charge in [0.05, 0.1) is 11.1 Å². The molecule has 6 rings (SSSR count). The highest BCUT2D eigenvalue weighted by molar-refractivity contribution is 6.13. The molecule has 4 heteroatoms. The van der Waals surface area contributed by atoms with Gasteiger partial charge in [0.1, 0.15) is 24.0 Å². The van der Waals surface area contributed by atoms with Crippen molar-refractivity contribution in [1.82, 2.24) is 0 Å². The number of halogens is 2. The van der Waals surface area contributed by atoms with Gasteiger partial charge in [-0.2, -0.15) is 4.57 Å². The Labute approximate surface area is 256 Å². The number of hydrogen-bond acceptors (Lipinski definition) is 1. The van der Waals surface area contributed by atoms with Gasteiger partial charge in [0.15, 0.2) is 5.82 Å². The lowest BCUT2D eigenvalue weighted by Crippen LogP contribution is -2.32. The van der Waals surface area contributed by atoms with Crippen LogP contribution in [0.5, 0.6) is 0 Å². The molecular formula is C38H36F2NO+. The van der Waals surface area contributed by atoms with Crippen LogP contribution in [0.3, 0.4) is 0 Å². The number of furan rings is 1. The Hall–Kier alpha value is -4.31. The predicted molar refractivity (Wildman–Crippen MR) is 169 cm³/mol. The minimum absolute atomic E-state index is 0.0294. The molecule has 0 aliphatic carbocycles. The van der Waals surface area contributed by atoms with E-state index in [2.05, 4.69) is 45.0 Å². The van der Waals surface area contributed by atoms with Gasteiger partial charge in [0.25, 0.3) is 0 Å². The Kier molecular flexibility index (Phi) is 4.99. The van der Waals surface area contributed by atoms with E-state index < -0.39 is 36.8 Å². The average Bonchev–Trinajstić information content (AvgIpc) is 3.38. The van der Waals surface area contributed by atoms with Crippen LogP contribution >= 0.6 is 0 Å². The van der Waals surface area contributed by atoms with E-state index >= 15 is 8.78 Å². The normalized spacial score (nSPS) is 15.5. The van der Waals surface area contributed by atoms with Crippen LogP contribution < -0.4 is 4.57 Å². The fourth-order valence-electron chi connectivity index (χ4n) is 5.61. The Bertz CT molecular complexity index is 2210. The molecule has 0 bridgehead atoms. The number of hydrogen-bond donors (Lipinski definition) is 0. The number of rotatable bonds is 4. The third kappa shape index (κ3) is 4.69. The van der Waals surface area contributed by atoms with Crippen molar-refractivity contribution in [1.29, 1.82) is 0 Å². The van der Waals surface area contributed by atoms with Gasteiger partial charge in [0, 0.05) is 32.0 Å². The Morgan fingerprint density at radius 3 is 1.95 bits per heavy atom. The first-order chi connectivity index (χ1) is 22.7. The van der Waals surface area contributed by atoms with Gasteiger partial charge in [0.2, 0.25) is 11.9 Å². The molecule has 0 N–H and O–H groups in total. The van der Waals surface area contributed by atoms with Gasteiger partial charge in [-0.3, -0.25) is 0 Å². The molecule has 2 aromatic heterocycles. The molecule has 0 aliphatic heterocycles.